The Labute approximate surface area is 72.4 Å². The van der Waals surface area contributed by atoms with Gasteiger partial charge < -0.3 is 9.30 Å². The molecule has 0 unspecified atom stereocenters. The standard InChI is InChI=1S/C6H10N2O.C2H6O/c1-3-8-5-4-7(2)6(8)9;1-3-2/h4-5H,3H2,1-2H3;1-2H3. The number of hydrogen-bond acceptors (Lipinski definition) is 2. The minimum atomic E-state index is 0.0532. The molecule has 1 aromatic rings. The third-order valence-corrected chi connectivity index (χ3v) is 1.36. The highest BCUT2D eigenvalue weighted by Gasteiger charge is 1.93. The van der Waals surface area contributed by atoms with Crippen LogP contribution in [0.2, 0.25) is 0 Å². The Hall–Kier alpha value is -1.03. The molecule has 0 radical (unpaired) electrons. The van der Waals surface area contributed by atoms with Crippen LogP contribution >= 0.6 is 0 Å². The van der Waals surface area contributed by atoms with E-state index in [1.54, 1.807) is 42.8 Å². The Morgan fingerprint density at radius 3 is 2.08 bits per heavy atom. The first-order valence-electron chi connectivity index (χ1n) is 3.79. The van der Waals surface area contributed by atoms with E-state index in [1.807, 2.05) is 6.92 Å². The highest BCUT2D eigenvalue weighted by Crippen LogP contribution is 1.78. The van der Waals surface area contributed by atoms with Gasteiger partial charge in [-0.3, -0.25) is 4.57 Å². The van der Waals surface area contributed by atoms with Crippen LogP contribution in [0, 0.1) is 0 Å². The first-order chi connectivity index (χ1) is 5.67. The molecular formula is C8H16N2O2. The number of aryl methyl sites for hydroxylation is 2. The maximum absolute atomic E-state index is 10.9. The lowest BCUT2D eigenvalue weighted by atomic mass is 10.7. The maximum Gasteiger partial charge on any atom is 0.327 e. The molecule has 0 atom stereocenters. The molecule has 0 saturated carbocycles. The highest BCUT2D eigenvalue weighted by atomic mass is 16.4. The Morgan fingerprint density at radius 2 is 1.92 bits per heavy atom. The normalized spacial score (nSPS) is 9.00. The van der Waals surface area contributed by atoms with Gasteiger partial charge in [0.15, 0.2) is 0 Å². The fraction of sp³-hybridized carbons (Fsp3) is 0.625. The molecule has 0 aliphatic heterocycles. The Balaban J connectivity index is 0.000000354. The van der Waals surface area contributed by atoms with Crippen LogP contribution in [0.1, 0.15) is 6.92 Å². The van der Waals surface area contributed by atoms with Crippen molar-refractivity contribution in [1.29, 1.82) is 0 Å². The molecule has 0 bridgehead atoms. The van der Waals surface area contributed by atoms with Gasteiger partial charge in [-0.2, -0.15) is 0 Å². The number of aromatic nitrogens is 2. The quantitative estimate of drug-likeness (QED) is 0.617. The number of imidazole rings is 1. The van der Waals surface area contributed by atoms with Gasteiger partial charge in [0.1, 0.15) is 0 Å². The molecule has 0 spiro atoms. The summed E-state index contributed by atoms with van der Waals surface area (Å²) in [4.78, 5) is 10.9. The fourth-order valence-electron chi connectivity index (χ4n) is 0.751. The summed E-state index contributed by atoms with van der Waals surface area (Å²) in [5.41, 5.74) is 0.0532. The molecule has 0 amide bonds. The molecule has 0 aliphatic rings. The summed E-state index contributed by atoms with van der Waals surface area (Å²) in [6.45, 7) is 2.70. The Kier molecular flexibility index (Phi) is 5.12. The van der Waals surface area contributed by atoms with Crippen molar-refractivity contribution in [3.8, 4) is 0 Å². The van der Waals surface area contributed by atoms with E-state index in [0.717, 1.165) is 6.54 Å². The maximum atomic E-state index is 10.9. The van der Waals surface area contributed by atoms with Crippen LogP contribution in [0.3, 0.4) is 0 Å². The number of hydrogen-bond donors (Lipinski definition) is 0. The van der Waals surface area contributed by atoms with Crippen molar-refractivity contribution in [2.75, 3.05) is 14.2 Å². The van der Waals surface area contributed by atoms with Crippen molar-refractivity contribution in [3.05, 3.63) is 22.9 Å². The number of ether oxygens (including phenoxy) is 1. The SMILES string of the molecule is CCn1ccn(C)c1=O.COC. The van der Waals surface area contributed by atoms with E-state index < -0.39 is 0 Å². The molecule has 0 saturated heterocycles. The third-order valence-electron chi connectivity index (χ3n) is 1.36. The summed E-state index contributed by atoms with van der Waals surface area (Å²) in [6.07, 6.45) is 3.54. The number of rotatable bonds is 1. The van der Waals surface area contributed by atoms with Crippen molar-refractivity contribution in [2.24, 2.45) is 7.05 Å². The molecule has 70 valence electrons. The zero-order chi connectivity index (χ0) is 9.56. The van der Waals surface area contributed by atoms with Gasteiger partial charge in [-0.1, -0.05) is 0 Å². The first kappa shape index (κ1) is 11.0. The van der Waals surface area contributed by atoms with E-state index in [4.69, 9.17) is 0 Å². The summed E-state index contributed by atoms with van der Waals surface area (Å²) < 4.78 is 7.46. The van der Waals surface area contributed by atoms with E-state index in [1.165, 1.54) is 0 Å². The van der Waals surface area contributed by atoms with Gasteiger partial charge in [0.2, 0.25) is 0 Å². The second-order valence-electron chi connectivity index (χ2n) is 2.39. The topological polar surface area (TPSA) is 36.2 Å². The molecule has 0 aliphatic carbocycles. The van der Waals surface area contributed by atoms with Crippen LogP contribution in [0.15, 0.2) is 17.2 Å². The smallest absolute Gasteiger partial charge is 0.327 e. The van der Waals surface area contributed by atoms with E-state index in [0.29, 0.717) is 0 Å². The number of methoxy groups -OCH3 is 1. The van der Waals surface area contributed by atoms with Crippen molar-refractivity contribution in [2.45, 2.75) is 13.5 Å². The molecule has 1 aromatic heterocycles. The van der Waals surface area contributed by atoms with Gasteiger partial charge in [0.05, 0.1) is 0 Å². The summed E-state index contributed by atoms with van der Waals surface area (Å²) in [5, 5.41) is 0. The predicted octanol–water partition coefficient (Wildman–Crippen LogP) is 0.469. The molecule has 1 rings (SSSR count). The lowest BCUT2D eigenvalue weighted by Crippen LogP contribution is -2.20. The Morgan fingerprint density at radius 1 is 1.42 bits per heavy atom. The van der Waals surface area contributed by atoms with Crippen molar-refractivity contribution in [1.82, 2.24) is 9.13 Å². The van der Waals surface area contributed by atoms with Gasteiger partial charge in [0, 0.05) is 40.2 Å². The van der Waals surface area contributed by atoms with Crippen LogP contribution in [0.5, 0.6) is 0 Å². The zero-order valence-electron chi connectivity index (χ0n) is 8.07. The average molecular weight is 172 g/mol. The van der Waals surface area contributed by atoms with Crippen LogP contribution in [-0.4, -0.2) is 23.4 Å². The first-order valence-corrected chi connectivity index (χ1v) is 3.79. The van der Waals surface area contributed by atoms with E-state index in [2.05, 4.69) is 4.74 Å². The van der Waals surface area contributed by atoms with Gasteiger partial charge in [-0.15, -0.1) is 0 Å². The minimum absolute atomic E-state index is 0.0532. The predicted molar refractivity (Wildman–Crippen MR) is 48.3 cm³/mol. The van der Waals surface area contributed by atoms with Gasteiger partial charge in [-0.05, 0) is 6.92 Å². The molecule has 0 N–H and O–H groups in total. The summed E-state index contributed by atoms with van der Waals surface area (Å²) in [5.74, 6) is 0. The zero-order valence-corrected chi connectivity index (χ0v) is 8.07. The summed E-state index contributed by atoms with van der Waals surface area (Å²) >= 11 is 0. The van der Waals surface area contributed by atoms with Crippen LogP contribution < -0.4 is 5.69 Å². The van der Waals surface area contributed by atoms with Crippen LogP contribution in [-0.2, 0) is 18.3 Å². The van der Waals surface area contributed by atoms with Crippen molar-refractivity contribution in [3.63, 3.8) is 0 Å². The lowest BCUT2D eigenvalue weighted by Gasteiger charge is -1.89. The van der Waals surface area contributed by atoms with Gasteiger partial charge in [-0.25, -0.2) is 4.79 Å². The van der Waals surface area contributed by atoms with Crippen LogP contribution in [0.25, 0.3) is 0 Å². The second kappa shape index (κ2) is 5.60. The molecule has 1 heterocycles. The number of nitrogens with zero attached hydrogens (tertiary/aromatic N) is 2. The molecular weight excluding hydrogens is 156 g/mol. The van der Waals surface area contributed by atoms with Crippen LogP contribution in [0.4, 0.5) is 0 Å². The van der Waals surface area contributed by atoms with Gasteiger partial charge >= 0.3 is 5.69 Å². The third kappa shape index (κ3) is 2.92. The summed E-state index contributed by atoms with van der Waals surface area (Å²) in [6, 6.07) is 0. The van der Waals surface area contributed by atoms with E-state index >= 15 is 0 Å². The fourth-order valence-corrected chi connectivity index (χ4v) is 0.751. The molecule has 4 heteroatoms. The summed E-state index contributed by atoms with van der Waals surface area (Å²) in [7, 11) is 4.99. The van der Waals surface area contributed by atoms with E-state index in [9.17, 15) is 4.79 Å². The van der Waals surface area contributed by atoms with E-state index in [-0.39, 0.29) is 5.69 Å². The molecule has 0 fully saturated rings. The van der Waals surface area contributed by atoms with Crippen molar-refractivity contribution >= 4 is 0 Å². The minimum Gasteiger partial charge on any atom is -0.388 e. The Bertz CT molecular complexity index is 262. The average Bonchev–Trinajstić information content (AvgIpc) is 2.35. The lowest BCUT2D eigenvalue weighted by molar-refractivity contribution is 0.277. The largest absolute Gasteiger partial charge is 0.388 e. The van der Waals surface area contributed by atoms with Gasteiger partial charge in [0.25, 0.3) is 0 Å². The highest BCUT2D eigenvalue weighted by molar-refractivity contribution is 4.78. The molecule has 0 aromatic carbocycles. The van der Waals surface area contributed by atoms with Crippen molar-refractivity contribution < 1.29 is 4.74 Å². The monoisotopic (exact) mass is 172 g/mol. The second-order valence-corrected chi connectivity index (χ2v) is 2.39. The molecule has 12 heavy (non-hydrogen) atoms. The molecule has 4 nitrogen and oxygen atoms in total.